The lowest BCUT2D eigenvalue weighted by Crippen LogP contribution is -2.42. The van der Waals surface area contributed by atoms with Crippen molar-refractivity contribution in [2.45, 2.75) is 20.4 Å². The second-order valence-electron chi connectivity index (χ2n) is 7.72. The van der Waals surface area contributed by atoms with Crippen molar-refractivity contribution in [3.05, 3.63) is 50.7 Å². The Morgan fingerprint density at radius 3 is 2.69 bits per heavy atom. The molecule has 0 fully saturated rings. The van der Waals surface area contributed by atoms with Crippen molar-refractivity contribution in [3.63, 3.8) is 0 Å². The highest BCUT2D eigenvalue weighted by atomic mass is 16.6. The molecule has 0 bridgehead atoms. The molecule has 32 heavy (non-hydrogen) atoms. The van der Waals surface area contributed by atoms with Gasteiger partial charge in [-0.15, -0.1) is 0 Å². The third-order valence-corrected chi connectivity index (χ3v) is 4.80. The molecule has 0 aliphatic carbocycles. The van der Waals surface area contributed by atoms with Crippen molar-refractivity contribution in [2.75, 3.05) is 44.1 Å². The average Bonchev–Trinajstić information content (AvgIpc) is 2.76. The summed E-state index contributed by atoms with van der Waals surface area (Å²) in [5.74, 6) is 0.803. The van der Waals surface area contributed by atoms with Crippen LogP contribution in [-0.2, 0) is 16.1 Å². The molecule has 3 rings (SSSR count). The number of methoxy groups -OCH3 is 1. The van der Waals surface area contributed by atoms with E-state index in [-0.39, 0.29) is 30.6 Å². The predicted octanol–water partition coefficient (Wildman–Crippen LogP) is 1.24. The molecule has 172 valence electrons. The molecule has 1 amide bonds. The Kier molecular flexibility index (Phi) is 7.37. The van der Waals surface area contributed by atoms with E-state index < -0.39 is 17.2 Å². The van der Waals surface area contributed by atoms with Crippen molar-refractivity contribution in [1.82, 2.24) is 9.55 Å². The summed E-state index contributed by atoms with van der Waals surface area (Å²) in [6.45, 7) is 5.33. The lowest BCUT2D eigenvalue weighted by Gasteiger charge is -2.23. The highest BCUT2D eigenvalue weighted by molar-refractivity contribution is 6.05. The first-order valence-electron chi connectivity index (χ1n) is 10.3. The number of carbonyl (C=O) groups is 1. The topological polar surface area (TPSA) is 129 Å². The molecule has 0 radical (unpaired) electrons. The summed E-state index contributed by atoms with van der Waals surface area (Å²) in [5, 5.41) is 0. The third-order valence-electron chi connectivity index (χ3n) is 4.80. The van der Waals surface area contributed by atoms with Crippen LogP contribution in [0.25, 0.3) is 6.08 Å². The number of nitrogen functional groups attached to an aromatic ring is 1. The molecule has 3 N–H and O–H groups in total. The molecule has 1 aromatic heterocycles. The van der Waals surface area contributed by atoms with Crippen molar-refractivity contribution in [2.24, 2.45) is 5.92 Å². The molecule has 0 spiro atoms. The Bertz CT molecular complexity index is 1120. The Balaban J connectivity index is 1.94. The number of anilines is 2. The van der Waals surface area contributed by atoms with Gasteiger partial charge in [-0.2, -0.15) is 0 Å². The van der Waals surface area contributed by atoms with E-state index in [9.17, 15) is 14.4 Å². The maximum absolute atomic E-state index is 13.1. The number of rotatable bonds is 8. The minimum Gasteiger partial charge on any atom is -0.486 e. The number of ether oxygens (including phenoxy) is 3. The van der Waals surface area contributed by atoms with Crippen LogP contribution in [0.1, 0.15) is 19.4 Å². The first-order valence-corrected chi connectivity index (χ1v) is 10.3. The van der Waals surface area contributed by atoms with Gasteiger partial charge in [-0.25, -0.2) is 4.79 Å². The number of hydrogen-bond acceptors (Lipinski definition) is 7. The highest BCUT2D eigenvalue weighted by Crippen LogP contribution is 2.31. The third kappa shape index (κ3) is 5.20. The van der Waals surface area contributed by atoms with Gasteiger partial charge in [0.25, 0.3) is 11.5 Å². The summed E-state index contributed by atoms with van der Waals surface area (Å²) >= 11 is 0. The second kappa shape index (κ2) is 10.2. The van der Waals surface area contributed by atoms with E-state index in [4.69, 9.17) is 19.9 Å². The Hall–Kier alpha value is -3.53. The van der Waals surface area contributed by atoms with Crippen LogP contribution in [0.3, 0.4) is 0 Å². The fourth-order valence-electron chi connectivity index (χ4n) is 3.32. The van der Waals surface area contributed by atoms with E-state index in [1.807, 2.05) is 13.8 Å². The molecule has 0 saturated carbocycles. The number of fused-ring (bicyclic) bond motifs is 1. The number of aromatic amines is 1. The van der Waals surface area contributed by atoms with Crippen LogP contribution in [0.15, 0.2) is 33.9 Å². The molecular formula is C22H28N4O6. The van der Waals surface area contributed by atoms with Gasteiger partial charge in [-0.3, -0.25) is 24.0 Å². The van der Waals surface area contributed by atoms with Gasteiger partial charge in [0.2, 0.25) is 0 Å². The zero-order valence-electron chi connectivity index (χ0n) is 18.4. The highest BCUT2D eigenvalue weighted by Gasteiger charge is 2.23. The lowest BCUT2D eigenvalue weighted by atomic mass is 10.1. The van der Waals surface area contributed by atoms with Gasteiger partial charge in [-0.05, 0) is 29.7 Å². The number of hydrogen-bond donors (Lipinski definition) is 2. The second-order valence-corrected chi connectivity index (χ2v) is 7.72. The summed E-state index contributed by atoms with van der Waals surface area (Å²) in [6, 6.07) is 5.33. The summed E-state index contributed by atoms with van der Waals surface area (Å²) < 4.78 is 17.4. The summed E-state index contributed by atoms with van der Waals surface area (Å²) in [6.07, 6.45) is 2.94. The van der Waals surface area contributed by atoms with E-state index in [0.29, 0.717) is 31.3 Å². The predicted molar refractivity (Wildman–Crippen MR) is 121 cm³/mol. The van der Waals surface area contributed by atoms with E-state index in [1.54, 1.807) is 24.3 Å². The van der Waals surface area contributed by atoms with Crippen molar-refractivity contribution in [1.29, 1.82) is 0 Å². The monoisotopic (exact) mass is 444 g/mol. The molecule has 1 aromatic carbocycles. The molecule has 0 unspecified atom stereocenters. The van der Waals surface area contributed by atoms with Crippen LogP contribution < -0.4 is 31.4 Å². The molecule has 10 nitrogen and oxygen atoms in total. The number of carbonyl (C=O) groups excluding carboxylic acids is 1. The van der Waals surface area contributed by atoms with Gasteiger partial charge in [0.05, 0.1) is 6.61 Å². The minimum atomic E-state index is -0.732. The summed E-state index contributed by atoms with van der Waals surface area (Å²) in [4.78, 5) is 41.4. The molecular weight excluding hydrogens is 416 g/mol. The Labute approximate surface area is 185 Å². The molecule has 0 saturated heterocycles. The zero-order valence-corrected chi connectivity index (χ0v) is 18.4. The van der Waals surface area contributed by atoms with Crippen LogP contribution in [0, 0.1) is 5.92 Å². The van der Waals surface area contributed by atoms with Crippen molar-refractivity contribution < 1.29 is 19.0 Å². The number of H-pyrrole nitrogens is 1. The van der Waals surface area contributed by atoms with Gasteiger partial charge in [0.15, 0.2) is 17.2 Å². The van der Waals surface area contributed by atoms with Crippen LogP contribution in [0.5, 0.6) is 11.5 Å². The Morgan fingerprint density at radius 1 is 1.28 bits per heavy atom. The van der Waals surface area contributed by atoms with E-state index in [1.165, 1.54) is 22.7 Å². The largest absolute Gasteiger partial charge is 0.486 e. The van der Waals surface area contributed by atoms with Crippen LogP contribution in [-0.4, -0.2) is 48.9 Å². The van der Waals surface area contributed by atoms with Crippen LogP contribution >= 0.6 is 0 Å². The number of amides is 1. The van der Waals surface area contributed by atoms with Gasteiger partial charge >= 0.3 is 5.69 Å². The number of nitrogens with zero attached hydrogens (tertiary/aromatic N) is 2. The van der Waals surface area contributed by atoms with E-state index >= 15 is 0 Å². The molecule has 2 aromatic rings. The summed E-state index contributed by atoms with van der Waals surface area (Å²) in [7, 11) is 1.49. The average molecular weight is 444 g/mol. The van der Waals surface area contributed by atoms with Crippen LogP contribution in [0.2, 0.25) is 0 Å². The SMILES string of the molecule is COCCN(C(=O)C=Cc1ccc2c(c1)OCCO2)c1c(N)n(CC(C)C)c(=O)[nH]c1=O. The van der Waals surface area contributed by atoms with Crippen molar-refractivity contribution in [3.8, 4) is 11.5 Å². The minimum absolute atomic E-state index is 0.0652. The summed E-state index contributed by atoms with van der Waals surface area (Å²) in [5.41, 5.74) is 5.47. The van der Waals surface area contributed by atoms with Crippen LogP contribution in [0.4, 0.5) is 11.5 Å². The first-order chi connectivity index (χ1) is 15.3. The fourth-order valence-corrected chi connectivity index (χ4v) is 3.32. The molecule has 1 aliphatic heterocycles. The zero-order chi connectivity index (χ0) is 23.3. The number of benzene rings is 1. The molecule has 0 atom stereocenters. The number of nitrogens with two attached hydrogens (primary N) is 1. The maximum Gasteiger partial charge on any atom is 0.330 e. The van der Waals surface area contributed by atoms with Gasteiger partial charge < -0.3 is 19.9 Å². The first kappa shape index (κ1) is 23.1. The quantitative estimate of drug-likeness (QED) is 0.586. The standard InChI is InChI=1S/C22H28N4O6/c1-14(2)13-26-20(23)19(21(28)24-22(26)29)25(8-9-30-3)18(27)7-5-15-4-6-16-17(12-15)32-11-10-31-16/h4-7,12,14H,8-11,13,23H2,1-3H3,(H,24,28,29). The fraction of sp³-hybridized carbons (Fsp3) is 0.409. The van der Waals surface area contributed by atoms with E-state index in [2.05, 4.69) is 4.98 Å². The smallest absolute Gasteiger partial charge is 0.330 e. The molecule has 2 heterocycles. The van der Waals surface area contributed by atoms with Gasteiger partial charge in [0, 0.05) is 26.3 Å². The number of nitrogens with one attached hydrogen (secondary N) is 1. The molecule has 10 heteroatoms. The van der Waals surface area contributed by atoms with E-state index in [0.717, 1.165) is 5.56 Å². The normalized spacial score (nSPS) is 13.0. The van der Waals surface area contributed by atoms with Gasteiger partial charge in [0.1, 0.15) is 19.0 Å². The van der Waals surface area contributed by atoms with Crippen molar-refractivity contribution >= 4 is 23.5 Å². The molecule has 1 aliphatic rings. The maximum atomic E-state index is 13.1. The Morgan fingerprint density at radius 2 is 2.00 bits per heavy atom. The lowest BCUT2D eigenvalue weighted by molar-refractivity contribution is -0.114. The number of aromatic nitrogens is 2. The van der Waals surface area contributed by atoms with Gasteiger partial charge in [-0.1, -0.05) is 19.9 Å².